The lowest BCUT2D eigenvalue weighted by Gasteiger charge is -2.31. The Labute approximate surface area is 170 Å². The number of aliphatic hydroxyl groups is 1. The van der Waals surface area contributed by atoms with Gasteiger partial charge in [-0.15, -0.1) is 0 Å². The first-order valence-corrected chi connectivity index (χ1v) is 9.63. The second-order valence-electron chi connectivity index (χ2n) is 7.79. The molecule has 30 heavy (non-hydrogen) atoms. The molecule has 2 aromatic rings. The zero-order valence-electron chi connectivity index (χ0n) is 16.4. The lowest BCUT2D eigenvalue weighted by molar-refractivity contribution is -0.172. The molecule has 0 saturated heterocycles. The lowest BCUT2D eigenvalue weighted by Crippen LogP contribution is -2.44. The number of benzene rings is 1. The molecule has 2 N–H and O–H groups in total. The van der Waals surface area contributed by atoms with Crippen LogP contribution in [0.3, 0.4) is 0 Å². The number of cyclic esters (lactones) is 1. The average Bonchev–Trinajstić information content (AvgIpc) is 3.21. The first-order valence-electron chi connectivity index (χ1n) is 9.63. The van der Waals surface area contributed by atoms with Gasteiger partial charge in [0.15, 0.2) is 5.60 Å². The van der Waals surface area contributed by atoms with E-state index in [9.17, 15) is 24.3 Å². The van der Waals surface area contributed by atoms with E-state index in [1.807, 2.05) is 19.1 Å². The van der Waals surface area contributed by atoms with Crippen LogP contribution in [0.2, 0.25) is 0 Å². The SMILES string of the molecule is CC[C@@]1(O)C(=O)OCc2c1cc1n(c2=O)C/C(=C2/C(=O)Nc3ccc(C)cc32)C1=O. The second kappa shape index (κ2) is 5.99. The van der Waals surface area contributed by atoms with Gasteiger partial charge in [0.1, 0.15) is 6.61 Å². The zero-order valence-corrected chi connectivity index (χ0v) is 16.4. The van der Waals surface area contributed by atoms with Crippen molar-refractivity contribution in [1.29, 1.82) is 0 Å². The zero-order chi connectivity index (χ0) is 21.4. The van der Waals surface area contributed by atoms with Crippen molar-refractivity contribution >= 4 is 28.9 Å². The number of Topliss-reactive ketones (excluding diaryl/α,β-unsaturated/α-hetero) is 1. The number of ketones is 1. The molecule has 0 unspecified atom stereocenters. The highest BCUT2D eigenvalue weighted by Crippen LogP contribution is 2.39. The van der Waals surface area contributed by atoms with Crippen LogP contribution in [0.1, 0.15) is 46.1 Å². The number of hydrogen-bond acceptors (Lipinski definition) is 6. The third kappa shape index (κ3) is 2.25. The molecule has 1 aromatic carbocycles. The van der Waals surface area contributed by atoms with Gasteiger partial charge in [-0.2, -0.15) is 0 Å². The van der Waals surface area contributed by atoms with Crippen LogP contribution in [-0.2, 0) is 33.1 Å². The van der Waals surface area contributed by atoms with Crippen molar-refractivity contribution in [2.75, 3.05) is 5.32 Å². The maximum absolute atomic E-state index is 13.2. The van der Waals surface area contributed by atoms with E-state index in [0.29, 0.717) is 11.3 Å². The number of aryl methyl sites for hydroxylation is 1. The Morgan fingerprint density at radius 3 is 2.70 bits per heavy atom. The number of amides is 1. The number of aromatic nitrogens is 1. The number of carbonyl (C=O) groups is 3. The molecule has 0 spiro atoms. The van der Waals surface area contributed by atoms with Gasteiger partial charge >= 0.3 is 5.97 Å². The Hall–Kier alpha value is -3.52. The molecular formula is C22H18N2O6. The summed E-state index contributed by atoms with van der Waals surface area (Å²) in [6.45, 7) is 3.16. The number of carbonyl (C=O) groups excluding carboxylic acids is 3. The van der Waals surface area contributed by atoms with Crippen molar-refractivity contribution in [2.24, 2.45) is 0 Å². The van der Waals surface area contributed by atoms with Gasteiger partial charge in [-0.25, -0.2) is 4.79 Å². The predicted octanol–water partition coefficient (Wildman–Crippen LogP) is 1.41. The molecule has 1 atom stereocenters. The first-order chi connectivity index (χ1) is 14.3. The summed E-state index contributed by atoms with van der Waals surface area (Å²) in [5.74, 6) is -1.70. The van der Waals surface area contributed by atoms with Crippen molar-refractivity contribution in [2.45, 2.75) is 39.0 Å². The summed E-state index contributed by atoms with van der Waals surface area (Å²) in [4.78, 5) is 51.1. The van der Waals surface area contributed by atoms with Gasteiger partial charge in [-0.1, -0.05) is 18.6 Å². The van der Waals surface area contributed by atoms with Crippen molar-refractivity contribution in [1.82, 2.24) is 4.57 Å². The monoisotopic (exact) mass is 406 g/mol. The maximum atomic E-state index is 13.2. The highest BCUT2D eigenvalue weighted by Gasteiger charge is 2.46. The smallest absolute Gasteiger partial charge is 0.343 e. The largest absolute Gasteiger partial charge is 0.458 e. The van der Waals surface area contributed by atoms with Crippen molar-refractivity contribution in [3.8, 4) is 0 Å². The van der Waals surface area contributed by atoms with E-state index in [2.05, 4.69) is 5.32 Å². The van der Waals surface area contributed by atoms with Crippen LogP contribution >= 0.6 is 0 Å². The topological polar surface area (TPSA) is 115 Å². The Balaban J connectivity index is 1.73. The number of allylic oxidation sites excluding steroid dienone is 1. The van der Waals surface area contributed by atoms with Gasteiger partial charge in [-0.05, 0) is 31.5 Å². The lowest BCUT2D eigenvalue weighted by atomic mass is 9.86. The molecule has 8 heteroatoms. The van der Waals surface area contributed by atoms with Gasteiger partial charge in [-0.3, -0.25) is 14.4 Å². The number of anilines is 1. The van der Waals surface area contributed by atoms with Gasteiger partial charge < -0.3 is 19.7 Å². The molecular weight excluding hydrogens is 388 g/mol. The molecule has 8 nitrogen and oxygen atoms in total. The van der Waals surface area contributed by atoms with Crippen LogP contribution in [0.25, 0.3) is 5.57 Å². The number of esters is 1. The van der Waals surface area contributed by atoms with Crippen LogP contribution in [0, 0.1) is 6.92 Å². The van der Waals surface area contributed by atoms with E-state index in [-0.39, 0.29) is 47.5 Å². The van der Waals surface area contributed by atoms with Gasteiger partial charge in [0, 0.05) is 22.4 Å². The minimum atomic E-state index is -1.98. The molecule has 152 valence electrons. The van der Waals surface area contributed by atoms with Crippen LogP contribution in [0.15, 0.2) is 34.6 Å². The van der Waals surface area contributed by atoms with E-state index in [1.54, 1.807) is 13.0 Å². The van der Waals surface area contributed by atoms with Crippen LogP contribution < -0.4 is 10.9 Å². The summed E-state index contributed by atoms with van der Waals surface area (Å²) in [5, 5.41) is 13.6. The second-order valence-corrected chi connectivity index (χ2v) is 7.79. The van der Waals surface area contributed by atoms with Crippen LogP contribution in [-0.4, -0.2) is 27.3 Å². The Morgan fingerprint density at radius 1 is 1.20 bits per heavy atom. The Kier molecular flexibility index (Phi) is 3.70. The number of rotatable bonds is 1. The molecule has 0 bridgehead atoms. The quantitative estimate of drug-likeness (QED) is 0.547. The number of ether oxygens (including phenoxy) is 1. The fourth-order valence-corrected chi connectivity index (χ4v) is 4.40. The van der Waals surface area contributed by atoms with Crippen molar-refractivity contribution in [3.05, 3.63) is 68.1 Å². The highest BCUT2D eigenvalue weighted by molar-refractivity contribution is 6.37. The fraction of sp³-hybridized carbons (Fsp3) is 0.273. The normalized spacial score (nSPS) is 24.3. The fourth-order valence-electron chi connectivity index (χ4n) is 4.40. The first kappa shape index (κ1) is 18.5. The summed E-state index contributed by atoms with van der Waals surface area (Å²) in [6, 6.07) is 6.85. The Bertz CT molecular complexity index is 1290. The summed E-state index contributed by atoms with van der Waals surface area (Å²) in [6.07, 6.45) is -0.00107. The van der Waals surface area contributed by atoms with Crippen LogP contribution in [0.5, 0.6) is 0 Å². The Morgan fingerprint density at radius 2 is 1.97 bits per heavy atom. The molecule has 0 radical (unpaired) electrons. The summed E-state index contributed by atoms with van der Waals surface area (Å²) < 4.78 is 6.30. The highest BCUT2D eigenvalue weighted by atomic mass is 16.6. The van der Waals surface area contributed by atoms with Gasteiger partial charge in [0.2, 0.25) is 5.78 Å². The van der Waals surface area contributed by atoms with Gasteiger partial charge in [0.25, 0.3) is 11.5 Å². The van der Waals surface area contributed by atoms with Gasteiger partial charge in [0.05, 0.1) is 23.4 Å². The van der Waals surface area contributed by atoms with Crippen LogP contribution in [0.4, 0.5) is 5.69 Å². The molecule has 3 aliphatic heterocycles. The molecule has 0 fully saturated rings. The summed E-state index contributed by atoms with van der Waals surface area (Å²) in [5.41, 5.74) is 0.445. The molecule has 4 heterocycles. The molecule has 1 aromatic heterocycles. The standard InChI is InChI=1S/C22H18N2O6/c1-3-22(29)14-7-16-18(25)12(8-24(16)20(27)13(14)9-30-21(22)28)17-11-6-10(2)4-5-15(11)23-19(17)26/h4-7,29H,3,8-9H2,1-2H3,(H,23,26)/b17-12-/t22-/m0/s1. The molecule has 5 rings (SSSR count). The van der Waals surface area contributed by atoms with E-state index in [4.69, 9.17) is 4.74 Å². The third-order valence-electron chi connectivity index (χ3n) is 6.09. The molecule has 1 amide bonds. The van der Waals surface area contributed by atoms with Crippen molar-refractivity contribution in [3.63, 3.8) is 0 Å². The summed E-state index contributed by atoms with van der Waals surface area (Å²) in [7, 11) is 0. The van der Waals surface area contributed by atoms with E-state index < -0.39 is 28.8 Å². The minimum Gasteiger partial charge on any atom is -0.458 e. The molecule has 0 aliphatic carbocycles. The number of fused-ring (bicyclic) bond motifs is 3. The van der Waals surface area contributed by atoms with E-state index in [1.165, 1.54) is 10.6 Å². The number of pyridine rings is 1. The number of hydrogen-bond donors (Lipinski definition) is 2. The molecule has 0 saturated carbocycles. The molecule has 3 aliphatic rings. The van der Waals surface area contributed by atoms with Crippen molar-refractivity contribution < 1.29 is 24.2 Å². The summed E-state index contributed by atoms with van der Waals surface area (Å²) >= 11 is 0. The minimum absolute atomic E-state index is 0.00107. The van der Waals surface area contributed by atoms with E-state index >= 15 is 0 Å². The third-order valence-corrected chi connectivity index (χ3v) is 6.09. The number of nitrogens with zero attached hydrogens (tertiary/aromatic N) is 1. The number of nitrogens with one attached hydrogen (secondary N) is 1. The van der Waals surface area contributed by atoms with E-state index in [0.717, 1.165) is 5.56 Å². The average molecular weight is 406 g/mol. The predicted molar refractivity (Wildman–Crippen MR) is 106 cm³/mol. The maximum Gasteiger partial charge on any atom is 0.343 e.